The van der Waals surface area contributed by atoms with Gasteiger partial charge in [0, 0.05) is 13.7 Å². The van der Waals surface area contributed by atoms with Crippen LogP contribution in [0.25, 0.3) is 0 Å². The highest BCUT2D eigenvalue weighted by Gasteiger charge is 2.08. The third-order valence-corrected chi connectivity index (χ3v) is 1.87. The Hall–Kier alpha value is -1.40. The molecule has 0 aliphatic carbocycles. The van der Waals surface area contributed by atoms with E-state index in [0.717, 1.165) is 0 Å². The van der Waals surface area contributed by atoms with Crippen LogP contribution in [-0.4, -0.2) is 41.4 Å². The minimum Gasteiger partial charge on any atom is -0.396 e. The first-order chi connectivity index (χ1) is 7.26. The molecule has 0 spiro atoms. The van der Waals surface area contributed by atoms with Crippen LogP contribution in [0.5, 0.6) is 0 Å². The summed E-state index contributed by atoms with van der Waals surface area (Å²) in [6.45, 7) is 0.607. The number of nitrogens with one attached hydrogen (secondary N) is 1. The molecule has 0 aliphatic heterocycles. The second kappa shape index (κ2) is 6.15. The zero-order chi connectivity index (χ0) is 11.1. The highest BCUT2D eigenvalue weighted by molar-refractivity contribution is 5.36. The molecule has 0 saturated carbocycles. The lowest BCUT2D eigenvalue weighted by Crippen LogP contribution is -2.26. The zero-order valence-corrected chi connectivity index (χ0v) is 8.68. The van der Waals surface area contributed by atoms with Gasteiger partial charge in [-0.1, -0.05) is 0 Å². The first-order valence-corrected chi connectivity index (χ1v) is 4.70. The first-order valence-electron chi connectivity index (χ1n) is 4.70. The van der Waals surface area contributed by atoms with Gasteiger partial charge in [0.2, 0.25) is 0 Å². The number of rotatable bonds is 6. The standard InChI is InChI=1S/C9H16N4O2/c1-15-6-7(2-3-14)13-9-5-11-8(10)4-12-9/h4-5,7,14H,2-3,6H2,1H3,(H2,10,11)(H,12,13). The molecule has 0 bridgehead atoms. The molecule has 0 radical (unpaired) electrons. The Morgan fingerprint density at radius 2 is 2.33 bits per heavy atom. The second-order valence-electron chi connectivity index (χ2n) is 3.14. The summed E-state index contributed by atoms with van der Waals surface area (Å²) in [5.41, 5.74) is 5.41. The molecule has 4 N–H and O–H groups in total. The molecule has 15 heavy (non-hydrogen) atoms. The molecule has 84 valence electrons. The first kappa shape index (κ1) is 11.7. The van der Waals surface area contributed by atoms with E-state index in [1.165, 1.54) is 6.20 Å². The Balaban J connectivity index is 2.53. The molecule has 1 unspecified atom stereocenters. The number of aliphatic hydroxyl groups excluding tert-OH is 1. The summed E-state index contributed by atoms with van der Waals surface area (Å²) in [7, 11) is 1.61. The van der Waals surface area contributed by atoms with Gasteiger partial charge in [0.05, 0.1) is 25.0 Å². The van der Waals surface area contributed by atoms with Crippen molar-refractivity contribution < 1.29 is 9.84 Å². The smallest absolute Gasteiger partial charge is 0.144 e. The molecular formula is C9H16N4O2. The molecule has 0 saturated heterocycles. The summed E-state index contributed by atoms with van der Waals surface area (Å²) in [4.78, 5) is 7.95. The third kappa shape index (κ3) is 4.09. The predicted molar refractivity (Wildman–Crippen MR) is 57.4 cm³/mol. The molecule has 1 heterocycles. The Labute approximate surface area is 88.5 Å². The molecule has 0 amide bonds. The van der Waals surface area contributed by atoms with E-state index in [9.17, 15) is 0 Å². The average molecular weight is 212 g/mol. The van der Waals surface area contributed by atoms with Gasteiger partial charge >= 0.3 is 0 Å². The number of nitrogen functional groups attached to an aromatic ring is 1. The fourth-order valence-corrected chi connectivity index (χ4v) is 1.18. The maximum atomic E-state index is 8.83. The van der Waals surface area contributed by atoms with Crippen molar-refractivity contribution in [2.24, 2.45) is 0 Å². The van der Waals surface area contributed by atoms with Gasteiger partial charge < -0.3 is 20.9 Å². The van der Waals surface area contributed by atoms with Gasteiger partial charge in [-0.15, -0.1) is 0 Å². The Kier molecular flexibility index (Phi) is 4.79. The van der Waals surface area contributed by atoms with E-state index in [2.05, 4.69) is 15.3 Å². The molecule has 6 heteroatoms. The zero-order valence-electron chi connectivity index (χ0n) is 8.68. The number of methoxy groups -OCH3 is 1. The molecule has 1 aromatic rings. The van der Waals surface area contributed by atoms with Crippen molar-refractivity contribution in [3.05, 3.63) is 12.4 Å². The summed E-state index contributed by atoms with van der Waals surface area (Å²) in [6, 6.07) is 0.0259. The topological polar surface area (TPSA) is 93.3 Å². The summed E-state index contributed by atoms with van der Waals surface area (Å²) in [5.74, 6) is 1.01. The monoisotopic (exact) mass is 212 g/mol. The van der Waals surface area contributed by atoms with Crippen LogP contribution in [0.15, 0.2) is 12.4 Å². The second-order valence-corrected chi connectivity index (χ2v) is 3.14. The summed E-state index contributed by atoms with van der Waals surface area (Å²) >= 11 is 0. The van der Waals surface area contributed by atoms with E-state index in [1.807, 2.05) is 0 Å². The van der Waals surface area contributed by atoms with E-state index in [-0.39, 0.29) is 12.6 Å². The van der Waals surface area contributed by atoms with Crippen molar-refractivity contribution in [2.45, 2.75) is 12.5 Å². The number of nitrogens with zero attached hydrogens (tertiary/aromatic N) is 2. The molecule has 1 aromatic heterocycles. The van der Waals surface area contributed by atoms with Gasteiger partial charge in [-0.2, -0.15) is 0 Å². The molecule has 1 atom stereocenters. The SMILES string of the molecule is COCC(CCO)Nc1cnc(N)cn1. The van der Waals surface area contributed by atoms with Crippen molar-refractivity contribution in [3.8, 4) is 0 Å². The van der Waals surface area contributed by atoms with Crippen LogP contribution >= 0.6 is 0 Å². The molecular weight excluding hydrogens is 196 g/mol. The number of ether oxygens (including phenoxy) is 1. The third-order valence-electron chi connectivity index (χ3n) is 1.87. The predicted octanol–water partition coefficient (Wildman–Crippen LogP) is -0.132. The molecule has 6 nitrogen and oxygen atoms in total. The molecule has 1 rings (SSSR count). The summed E-state index contributed by atoms with van der Waals surface area (Å²) < 4.78 is 5.01. The summed E-state index contributed by atoms with van der Waals surface area (Å²) in [5, 5.41) is 11.9. The number of nitrogens with two attached hydrogens (primary N) is 1. The van der Waals surface area contributed by atoms with Crippen molar-refractivity contribution in [2.75, 3.05) is 31.4 Å². The number of anilines is 2. The Bertz CT molecular complexity index is 272. The number of hydrogen-bond donors (Lipinski definition) is 3. The normalized spacial score (nSPS) is 12.4. The average Bonchev–Trinajstić information content (AvgIpc) is 2.22. The van der Waals surface area contributed by atoms with E-state index in [1.54, 1.807) is 13.3 Å². The number of aromatic nitrogens is 2. The van der Waals surface area contributed by atoms with Gasteiger partial charge in [-0.25, -0.2) is 9.97 Å². The fourth-order valence-electron chi connectivity index (χ4n) is 1.18. The van der Waals surface area contributed by atoms with E-state index in [4.69, 9.17) is 15.6 Å². The molecule has 0 fully saturated rings. The lowest BCUT2D eigenvalue weighted by Gasteiger charge is -2.16. The number of aliphatic hydroxyl groups is 1. The van der Waals surface area contributed by atoms with Crippen LogP contribution in [0.1, 0.15) is 6.42 Å². The molecule has 0 aromatic carbocycles. The number of hydrogen-bond acceptors (Lipinski definition) is 6. The lowest BCUT2D eigenvalue weighted by atomic mass is 10.2. The highest BCUT2D eigenvalue weighted by Crippen LogP contribution is 2.06. The maximum Gasteiger partial charge on any atom is 0.144 e. The van der Waals surface area contributed by atoms with Gasteiger partial charge in [0.25, 0.3) is 0 Å². The Morgan fingerprint density at radius 1 is 1.53 bits per heavy atom. The Morgan fingerprint density at radius 3 is 2.87 bits per heavy atom. The van der Waals surface area contributed by atoms with Crippen LogP contribution in [0.2, 0.25) is 0 Å². The van der Waals surface area contributed by atoms with Crippen molar-refractivity contribution >= 4 is 11.6 Å². The van der Waals surface area contributed by atoms with Crippen molar-refractivity contribution in [1.29, 1.82) is 0 Å². The fraction of sp³-hybridized carbons (Fsp3) is 0.556. The minimum atomic E-state index is 0.0259. The van der Waals surface area contributed by atoms with Gasteiger partial charge in [-0.05, 0) is 6.42 Å². The highest BCUT2D eigenvalue weighted by atomic mass is 16.5. The van der Waals surface area contributed by atoms with Gasteiger partial charge in [-0.3, -0.25) is 0 Å². The van der Waals surface area contributed by atoms with Crippen LogP contribution in [0.3, 0.4) is 0 Å². The van der Waals surface area contributed by atoms with Gasteiger partial charge in [0.15, 0.2) is 0 Å². The van der Waals surface area contributed by atoms with Gasteiger partial charge in [0.1, 0.15) is 11.6 Å². The van der Waals surface area contributed by atoms with Crippen molar-refractivity contribution in [1.82, 2.24) is 9.97 Å². The quantitative estimate of drug-likeness (QED) is 0.608. The maximum absolute atomic E-state index is 8.83. The minimum absolute atomic E-state index is 0.0259. The molecule has 0 aliphatic rings. The van der Waals surface area contributed by atoms with Crippen LogP contribution in [0.4, 0.5) is 11.6 Å². The largest absolute Gasteiger partial charge is 0.396 e. The van der Waals surface area contributed by atoms with E-state index >= 15 is 0 Å². The van der Waals surface area contributed by atoms with Crippen LogP contribution in [-0.2, 0) is 4.74 Å². The van der Waals surface area contributed by atoms with E-state index < -0.39 is 0 Å². The van der Waals surface area contributed by atoms with Crippen molar-refractivity contribution in [3.63, 3.8) is 0 Å². The van der Waals surface area contributed by atoms with Crippen LogP contribution in [0, 0.1) is 0 Å². The lowest BCUT2D eigenvalue weighted by molar-refractivity contribution is 0.170. The van der Waals surface area contributed by atoms with Crippen LogP contribution < -0.4 is 11.1 Å². The van der Waals surface area contributed by atoms with E-state index in [0.29, 0.717) is 24.7 Å². The summed E-state index contributed by atoms with van der Waals surface area (Å²) in [6.07, 6.45) is 3.63.